The Hall–Kier alpha value is -7.20. The fourth-order valence-electron chi connectivity index (χ4n) is 16.1. The molecular weight excluding hydrogens is 1230 g/mol. The van der Waals surface area contributed by atoms with E-state index in [2.05, 4.69) is 318 Å². The van der Waals surface area contributed by atoms with E-state index in [4.69, 9.17) is 9.47 Å². The van der Waals surface area contributed by atoms with Gasteiger partial charge in [0.15, 0.2) is 0 Å². The molecule has 7 rings (SSSR count). The SMILES string of the molecule is C/C=C/CC/C=C\CC(C/C=C\CC/C=C/C)(CC(CC(c1ccccc1)C(C)C)c1ccccc1)C(C)C.C/C=C/CC/C=C\CC(C/C=C\CC/C=C/C)(CC(CC(c1ccccc1)C(C)C)c1ccccc1)C(C)C.COCC12C(=O)NC(=O)CC1C1(COC)C(=O)NC(=O)NC21. The number of hydrogen-bond donors (Lipinski definition) is 3. The molecular formula is C91H129N3O6. The Balaban J connectivity index is 0.000000281. The number of fused-ring (bicyclic) bond motifs is 4. The highest BCUT2D eigenvalue weighted by atomic mass is 16.5. The summed E-state index contributed by atoms with van der Waals surface area (Å²) in [5, 5.41) is 7.12. The first-order chi connectivity index (χ1) is 48.3. The highest BCUT2D eigenvalue weighted by Crippen LogP contribution is 2.63. The number of methoxy groups -OCH3 is 2. The number of rotatable bonds is 40. The Morgan fingerprint density at radius 1 is 0.420 bits per heavy atom. The summed E-state index contributed by atoms with van der Waals surface area (Å²) in [7, 11) is 2.85. The number of carbonyl (C=O) groups is 4. The van der Waals surface area contributed by atoms with Crippen molar-refractivity contribution < 1.29 is 28.7 Å². The summed E-state index contributed by atoms with van der Waals surface area (Å²) in [4.78, 5) is 48.4. The summed E-state index contributed by atoms with van der Waals surface area (Å²) < 4.78 is 10.3. The van der Waals surface area contributed by atoms with Crippen LogP contribution in [0.15, 0.2) is 219 Å². The van der Waals surface area contributed by atoms with Crippen LogP contribution >= 0.6 is 0 Å². The van der Waals surface area contributed by atoms with Gasteiger partial charge in [0.05, 0.1) is 30.1 Å². The third kappa shape index (κ3) is 24.0. The highest BCUT2D eigenvalue weighted by Gasteiger charge is 2.80. The molecule has 0 bridgehead atoms. The number of benzene rings is 4. The van der Waals surface area contributed by atoms with Crippen LogP contribution in [0.4, 0.5) is 4.79 Å². The molecule has 2 heterocycles. The van der Waals surface area contributed by atoms with Crippen molar-refractivity contribution in [2.24, 2.45) is 51.2 Å². The Labute approximate surface area is 606 Å². The van der Waals surface area contributed by atoms with Crippen molar-refractivity contribution in [1.82, 2.24) is 16.0 Å². The zero-order valence-electron chi connectivity index (χ0n) is 63.9. The molecule has 2 aliphatic heterocycles. The van der Waals surface area contributed by atoms with E-state index in [1.54, 1.807) is 0 Å². The monoisotopic (exact) mass is 1360 g/mol. The number of piperidine rings is 1. The fraction of sp³-hybridized carbons (Fsp3) is 0.516. The van der Waals surface area contributed by atoms with E-state index in [-0.39, 0.29) is 30.5 Å². The zero-order chi connectivity index (χ0) is 72.8. The lowest BCUT2D eigenvalue weighted by atomic mass is 9.39. The first-order valence-corrected chi connectivity index (χ1v) is 38.0. The van der Waals surface area contributed by atoms with Gasteiger partial charge in [-0.1, -0.05) is 274 Å². The number of carbonyl (C=O) groups excluding carboxylic acids is 4. The minimum Gasteiger partial charge on any atom is -0.383 e. The molecule has 0 spiro atoms. The van der Waals surface area contributed by atoms with Gasteiger partial charge in [0.1, 0.15) is 0 Å². The number of nitrogens with one attached hydrogen (secondary N) is 3. The summed E-state index contributed by atoms with van der Waals surface area (Å²) in [6.07, 6.45) is 55.8. The predicted molar refractivity (Wildman–Crippen MR) is 421 cm³/mol. The third-order valence-corrected chi connectivity index (χ3v) is 22.2. The van der Waals surface area contributed by atoms with E-state index in [0.29, 0.717) is 47.3 Å². The maximum absolute atomic E-state index is 12.5. The average molecular weight is 1360 g/mol. The van der Waals surface area contributed by atoms with Gasteiger partial charge < -0.3 is 14.8 Å². The second-order valence-corrected chi connectivity index (χ2v) is 29.9. The molecule has 1 saturated carbocycles. The van der Waals surface area contributed by atoms with Crippen LogP contribution in [0.25, 0.3) is 0 Å². The quantitative estimate of drug-likeness (QED) is 0.0232. The first-order valence-electron chi connectivity index (χ1n) is 38.0. The van der Waals surface area contributed by atoms with Crippen molar-refractivity contribution in [3.63, 3.8) is 0 Å². The van der Waals surface area contributed by atoms with Crippen molar-refractivity contribution in [2.45, 2.75) is 222 Å². The molecule has 3 aliphatic rings. The molecule has 0 radical (unpaired) electrons. The summed E-state index contributed by atoms with van der Waals surface area (Å²) in [5.41, 5.74) is 4.13. The van der Waals surface area contributed by atoms with Crippen LogP contribution in [0, 0.1) is 51.2 Å². The average Bonchev–Trinajstić information content (AvgIpc) is 0.662. The van der Waals surface area contributed by atoms with Crippen molar-refractivity contribution in [1.29, 1.82) is 0 Å². The van der Waals surface area contributed by atoms with Crippen LogP contribution in [0.1, 0.15) is 238 Å². The second-order valence-electron chi connectivity index (χ2n) is 29.9. The summed E-state index contributed by atoms with van der Waals surface area (Å²) in [5.74, 6) is 2.45. The molecule has 3 N–H and O–H groups in total. The molecule has 1 aliphatic carbocycles. The second kappa shape index (κ2) is 44.2. The highest BCUT2D eigenvalue weighted by molar-refractivity contribution is 6.09. The van der Waals surface area contributed by atoms with Crippen LogP contribution in [0.3, 0.4) is 0 Å². The molecule has 4 aromatic carbocycles. The largest absolute Gasteiger partial charge is 0.383 e. The van der Waals surface area contributed by atoms with Gasteiger partial charge in [0, 0.05) is 26.6 Å². The minimum absolute atomic E-state index is 0.000467. The number of unbranched alkanes of at least 4 members (excludes halogenated alkanes) is 4. The van der Waals surface area contributed by atoms with Crippen LogP contribution in [0.5, 0.6) is 0 Å². The smallest absolute Gasteiger partial charge is 0.321 e. The Morgan fingerprint density at radius 2 is 0.720 bits per heavy atom. The maximum atomic E-state index is 12.5. The molecule has 4 aromatic rings. The van der Waals surface area contributed by atoms with E-state index in [1.165, 1.54) is 62.2 Å². The van der Waals surface area contributed by atoms with Gasteiger partial charge in [-0.2, -0.15) is 0 Å². The van der Waals surface area contributed by atoms with Gasteiger partial charge in [-0.3, -0.25) is 25.0 Å². The van der Waals surface area contributed by atoms with Crippen LogP contribution in [0.2, 0.25) is 0 Å². The third-order valence-electron chi connectivity index (χ3n) is 22.2. The number of urea groups is 1. The number of ether oxygens (including phenoxy) is 2. The van der Waals surface area contributed by atoms with Crippen molar-refractivity contribution >= 4 is 23.8 Å². The van der Waals surface area contributed by atoms with E-state index in [9.17, 15) is 19.2 Å². The van der Waals surface area contributed by atoms with Crippen molar-refractivity contribution in [3.05, 3.63) is 241 Å². The molecule has 9 heteroatoms. The van der Waals surface area contributed by atoms with Crippen LogP contribution in [-0.4, -0.2) is 57.2 Å². The molecule has 9 nitrogen and oxygen atoms in total. The molecule has 544 valence electrons. The van der Waals surface area contributed by atoms with Crippen molar-refractivity contribution in [3.8, 4) is 0 Å². The first kappa shape index (κ1) is 83.5. The topological polar surface area (TPSA) is 123 Å². The van der Waals surface area contributed by atoms with E-state index in [0.717, 1.165) is 77.0 Å². The summed E-state index contributed by atoms with van der Waals surface area (Å²) in [6.45, 7) is 27.9. The van der Waals surface area contributed by atoms with Gasteiger partial charge in [0.25, 0.3) is 0 Å². The number of allylic oxidation sites excluding steroid dienone is 16. The fourth-order valence-corrected chi connectivity index (χ4v) is 16.1. The van der Waals surface area contributed by atoms with Gasteiger partial charge in [-0.05, 0) is 211 Å². The number of amides is 5. The number of imide groups is 2. The summed E-state index contributed by atoms with van der Waals surface area (Å²) >= 11 is 0. The molecule has 5 amide bonds. The number of hydrogen-bond acceptors (Lipinski definition) is 6. The van der Waals surface area contributed by atoms with Crippen LogP contribution < -0.4 is 16.0 Å². The lowest BCUT2D eigenvalue weighted by Crippen LogP contribution is -2.88. The molecule has 2 saturated heterocycles. The van der Waals surface area contributed by atoms with Crippen molar-refractivity contribution in [2.75, 3.05) is 27.4 Å². The Kier molecular flexibility index (Phi) is 36.9. The van der Waals surface area contributed by atoms with Crippen LogP contribution in [-0.2, 0) is 23.9 Å². The molecule has 8 unspecified atom stereocenters. The van der Waals surface area contributed by atoms with Gasteiger partial charge in [-0.15, -0.1) is 0 Å². The Morgan fingerprint density at radius 3 is 1.01 bits per heavy atom. The lowest BCUT2D eigenvalue weighted by molar-refractivity contribution is -0.221. The lowest BCUT2D eigenvalue weighted by Gasteiger charge is -2.67. The molecule has 100 heavy (non-hydrogen) atoms. The van der Waals surface area contributed by atoms with E-state index in [1.807, 2.05) is 0 Å². The predicted octanol–water partition coefficient (Wildman–Crippen LogP) is 22.6. The van der Waals surface area contributed by atoms with Gasteiger partial charge >= 0.3 is 6.03 Å². The minimum atomic E-state index is -1.14. The molecule has 3 fully saturated rings. The van der Waals surface area contributed by atoms with Gasteiger partial charge in [0.2, 0.25) is 17.7 Å². The normalized spacial score (nSPS) is 20.1. The zero-order valence-corrected chi connectivity index (χ0v) is 63.9. The summed E-state index contributed by atoms with van der Waals surface area (Å²) in [6, 6.07) is 43.8. The Bertz CT molecular complexity index is 2960. The molecule has 8 atom stereocenters. The standard InChI is InChI=1S/2C39H56.C13H17N3O6/c2*1-7-9-11-13-15-23-29-39(34(5)6,30-24-16-14-12-10-8-2)32-37(35-25-19-17-20-26-35)31-38(33(3)4)36-27-21-18-22-28-36;1-21-4-12-6(3-7(17)14-9(12)18)13(5-22-2)8(12)15-11(20)16-10(13)19/h2*7-10,15-28,33-34,37-38H,11-14,29-32H2,1-6H3;6,8H,3-5H2,1-2H3,(H,14,17,18)(H2,15,16,19,20)/b2*9-7+,10-8+,23-15-,24-16-;. The maximum Gasteiger partial charge on any atom is 0.321 e. The van der Waals surface area contributed by atoms with E-state index >= 15 is 0 Å². The molecule has 0 aromatic heterocycles. The van der Waals surface area contributed by atoms with Gasteiger partial charge in [-0.25, -0.2) is 4.79 Å². The van der Waals surface area contributed by atoms with E-state index < -0.39 is 46.5 Å².